The Kier molecular flexibility index (Phi) is 4.40. The van der Waals surface area contributed by atoms with Crippen LogP contribution in [-0.4, -0.2) is 54.5 Å². The molecule has 25 heavy (non-hydrogen) atoms. The van der Waals surface area contributed by atoms with Gasteiger partial charge in [0.05, 0.1) is 19.2 Å². The maximum absolute atomic E-state index is 12.9. The fourth-order valence-electron chi connectivity index (χ4n) is 3.90. The summed E-state index contributed by atoms with van der Waals surface area (Å²) in [6.45, 7) is 2.00. The number of carbonyl (C=O) groups is 2. The predicted octanol–water partition coefficient (Wildman–Crippen LogP) is 2.36. The minimum Gasteiger partial charge on any atom is -0.370 e. The molecule has 0 spiro atoms. The molecular formula is C20H22N2O3. The zero-order valence-corrected chi connectivity index (χ0v) is 14.2. The minimum absolute atomic E-state index is 0.0330. The predicted molar refractivity (Wildman–Crippen MR) is 95.0 cm³/mol. The van der Waals surface area contributed by atoms with Crippen molar-refractivity contribution in [3.63, 3.8) is 0 Å². The molecule has 2 amide bonds. The van der Waals surface area contributed by atoms with Crippen molar-refractivity contribution in [2.24, 2.45) is 0 Å². The molecule has 0 aliphatic carbocycles. The molecule has 2 heterocycles. The van der Waals surface area contributed by atoms with Gasteiger partial charge in [0.1, 0.15) is 6.61 Å². The van der Waals surface area contributed by atoms with Crippen LogP contribution in [0, 0.1) is 0 Å². The number of carbonyl (C=O) groups excluding carboxylic acids is 2. The Morgan fingerprint density at radius 3 is 2.84 bits per heavy atom. The number of rotatable bonds is 3. The number of likely N-dealkylation sites (tertiary alicyclic amines) is 1. The number of ether oxygens (including phenoxy) is 1. The molecule has 0 N–H and O–H groups in total. The van der Waals surface area contributed by atoms with E-state index in [2.05, 4.69) is 30.3 Å². The number of amides is 2. The Morgan fingerprint density at radius 2 is 1.96 bits per heavy atom. The van der Waals surface area contributed by atoms with Gasteiger partial charge in [-0.25, -0.2) is 0 Å². The number of fused-ring (bicyclic) bond motifs is 1. The Hall–Kier alpha value is -2.40. The van der Waals surface area contributed by atoms with Crippen molar-refractivity contribution in [2.45, 2.75) is 18.9 Å². The van der Waals surface area contributed by atoms with E-state index in [9.17, 15) is 9.59 Å². The highest BCUT2D eigenvalue weighted by atomic mass is 16.5. The molecule has 4 rings (SSSR count). The molecule has 0 bridgehead atoms. The topological polar surface area (TPSA) is 49.9 Å². The van der Waals surface area contributed by atoms with Gasteiger partial charge in [0.2, 0.25) is 11.8 Å². The van der Waals surface area contributed by atoms with Crippen molar-refractivity contribution >= 4 is 22.6 Å². The van der Waals surface area contributed by atoms with Gasteiger partial charge in [-0.1, -0.05) is 42.5 Å². The summed E-state index contributed by atoms with van der Waals surface area (Å²) in [6.07, 6.45) is 1.97. The van der Waals surface area contributed by atoms with E-state index in [1.165, 1.54) is 16.3 Å². The van der Waals surface area contributed by atoms with Gasteiger partial charge >= 0.3 is 0 Å². The molecule has 2 aliphatic heterocycles. The second-order valence-corrected chi connectivity index (χ2v) is 6.68. The standard InChI is InChI=1S/C20H22N2O3/c23-19(13-21-11-12-25-14-20(21)24)22-10-4-9-18(22)17-8-3-6-15-5-1-2-7-16(15)17/h1-3,5-8,18H,4,9-14H2. The first-order chi connectivity index (χ1) is 12.2. The van der Waals surface area contributed by atoms with Gasteiger partial charge in [-0.2, -0.15) is 0 Å². The van der Waals surface area contributed by atoms with Gasteiger partial charge in [-0.05, 0) is 29.2 Å². The summed E-state index contributed by atoms with van der Waals surface area (Å²) in [5.74, 6) is -0.0637. The van der Waals surface area contributed by atoms with Crippen LogP contribution in [0.1, 0.15) is 24.4 Å². The van der Waals surface area contributed by atoms with E-state index in [1.54, 1.807) is 4.90 Å². The zero-order valence-electron chi connectivity index (χ0n) is 14.2. The van der Waals surface area contributed by atoms with E-state index in [0.717, 1.165) is 19.4 Å². The van der Waals surface area contributed by atoms with Crippen LogP contribution in [0.4, 0.5) is 0 Å². The highest BCUT2D eigenvalue weighted by Crippen LogP contribution is 2.36. The Balaban J connectivity index is 1.57. The van der Waals surface area contributed by atoms with Crippen LogP contribution in [0.15, 0.2) is 42.5 Å². The minimum atomic E-state index is -0.0968. The average Bonchev–Trinajstić information content (AvgIpc) is 3.13. The molecule has 2 aromatic rings. The van der Waals surface area contributed by atoms with Crippen LogP contribution in [0.2, 0.25) is 0 Å². The van der Waals surface area contributed by atoms with E-state index in [1.807, 2.05) is 17.0 Å². The van der Waals surface area contributed by atoms with Crippen molar-refractivity contribution in [3.8, 4) is 0 Å². The molecule has 2 aliphatic rings. The summed E-state index contributed by atoms with van der Waals surface area (Å²) in [4.78, 5) is 28.3. The third-order valence-corrected chi connectivity index (χ3v) is 5.17. The monoisotopic (exact) mass is 338 g/mol. The lowest BCUT2D eigenvalue weighted by Crippen LogP contribution is -2.47. The molecule has 2 fully saturated rings. The fraction of sp³-hybridized carbons (Fsp3) is 0.400. The largest absolute Gasteiger partial charge is 0.370 e. The summed E-state index contributed by atoms with van der Waals surface area (Å²) in [7, 11) is 0. The van der Waals surface area contributed by atoms with E-state index in [4.69, 9.17) is 4.74 Å². The second kappa shape index (κ2) is 6.84. The van der Waals surface area contributed by atoms with E-state index in [-0.39, 0.29) is 31.0 Å². The molecule has 130 valence electrons. The van der Waals surface area contributed by atoms with Gasteiger partial charge < -0.3 is 14.5 Å². The fourth-order valence-corrected chi connectivity index (χ4v) is 3.90. The third kappa shape index (κ3) is 3.12. The molecule has 0 aromatic heterocycles. The van der Waals surface area contributed by atoms with Crippen LogP contribution in [0.3, 0.4) is 0 Å². The first kappa shape index (κ1) is 16.1. The number of hydrogen-bond acceptors (Lipinski definition) is 3. The Bertz CT molecular complexity index is 799. The first-order valence-electron chi connectivity index (χ1n) is 8.87. The molecular weight excluding hydrogens is 316 g/mol. The third-order valence-electron chi connectivity index (χ3n) is 5.17. The molecule has 2 saturated heterocycles. The highest BCUT2D eigenvalue weighted by Gasteiger charge is 2.32. The van der Waals surface area contributed by atoms with Crippen LogP contribution < -0.4 is 0 Å². The molecule has 1 unspecified atom stereocenters. The Morgan fingerprint density at radius 1 is 1.12 bits per heavy atom. The normalized spacial score (nSPS) is 21.1. The van der Waals surface area contributed by atoms with Crippen molar-refractivity contribution in [2.75, 3.05) is 32.8 Å². The molecule has 0 radical (unpaired) electrons. The van der Waals surface area contributed by atoms with Crippen LogP contribution >= 0.6 is 0 Å². The summed E-state index contributed by atoms with van der Waals surface area (Å²) >= 11 is 0. The van der Waals surface area contributed by atoms with Crippen molar-refractivity contribution in [3.05, 3.63) is 48.0 Å². The summed E-state index contributed by atoms with van der Waals surface area (Å²) in [6, 6.07) is 14.7. The van der Waals surface area contributed by atoms with Crippen molar-refractivity contribution < 1.29 is 14.3 Å². The summed E-state index contributed by atoms with van der Waals surface area (Å²) < 4.78 is 5.14. The van der Waals surface area contributed by atoms with Gasteiger partial charge in [-0.15, -0.1) is 0 Å². The number of hydrogen-bond donors (Lipinski definition) is 0. The average molecular weight is 338 g/mol. The summed E-state index contributed by atoms with van der Waals surface area (Å²) in [5, 5.41) is 2.40. The second-order valence-electron chi connectivity index (χ2n) is 6.68. The van der Waals surface area contributed by atoms with Gasteiger partial charge in [-0.3, -0.25) is 9.59 Å². The van der Waals surface area contributed by atoms with E-state index >= 15 is 0 Å². The molecule has 1 atom stereocenters. The van der Waals surface area contributed by atoms with Gasteiger partial charge in [0.15, 0.2) is 0 Å². The molecule has 0 saturated carbocycles. The lowest BCUT2D eigenvalue weighted by Gasteiger charge is -2.31. The van der Waals surface area contributed by atoms with Crippen LogP contribution in [0.5, 0.6) is 0 Å². The zero-order chi connectivity index (χ0) is 17.2. The first-order valence-corrected chi connectivity index (χ1v) is 8.87. The molecule has 5 nitrogen and oxygen atoms in total. The maximum atomic E-state index is 12.9. The van der Waals surface area contributed by atoms with Crippen LogP contribution in [0.25, 0.3) is 10.8 Å². The van der Waals surface area contributed by atoms with Gasteiger partial charge in [0.25, 0.3) is 0 Å². The summed E-state index contributed by atoms with van der Waals surface area (Å²) in [5.41, 5.74) is 1.21. The van der Waals surface area contributed by atoms with Crippen LogP contribution in [-0.2, 0) is 14.3 Å². The lowest BCUT2D eigenvalue weighted by molar-refractivity contribution is -0.148. The van der Waals surface area contributed by atoms with Gasteiger partial charge in [0, 0.05) is 13.1 Å². The molecule has 5 heteroatoms. The maximum Gasteiger partial charge on any atom is 0.249 e. The quantitative estimate of drug-likeness (QED) is 0.863. The SMILES string of the molecule is O=C1COCCN1CC(=O)N1CCCC1c1cccc2ccccc12. The van der Waals surface area contributed by atoms with E-state index < -0.39 is 0 Å². The van der Waals surface area contributed by atoms with E-state index in [0.29, 0.717) is 13.2 Å². The Labute approximate surface area is 147 Å². The smallest absolute Gasteiger partial charge is 0.249 e. The highest BCUT2D eigenvalue weighted by molar-refractivity contribution is 5.88. The van der Waals surface area contributed by atoms with Crippen molar-refractivity contribution in [1.29, 1.82) is 0 Å². The number of morpholine rings is 1. The molecule has 2 aromatic carbocycles. The lowest BCUT2D eigenvalue weighted by atomic mass is 9.97. The number of nitrogens with zero attached hydrogens (tertiary/aromatic N) is 2. The van der Waals surface area contributed by atoms with Crippen molar-refractivity contribution in [1.82, 2.24) is 9.80 Å². The number of benzene rings is 2.